The van der Waals surface area contributed by atoms with Crippen molar-refractivity contribution in [3.05, 3.63) is 157 Å². The number of hydrogen-bond acceptors (Lipinski definition) is 6. The van der Waals surface area contributed by atoms with Crippen LogP contribution in [0.4, 0.5) is 8.78 Å². The van der Waals surface area contributed by atoms with Gasteiger partial charge >= 0.3 is 5.97 Å². The fourth-order valence-corrected chi connectivity index (χ4v) is 8.22. The molecular weight excluding hydrogens is 836 g/mol. The van der Waals surface area contributed by atoms with Gasteiger partial charge in [0.1, 0.15) is 24.0 Å². The summed E-state index contributed by atoms with van der Waals surface area (Å²) in [5, 5.41) is 0. The molecule has 0 spiro atoms. The quantitative estimate of drug-likeness (QED) is 0.125. The van der Waals surface area contributed by atoms with Crippen LogP contribution in [-0.2, 0) is 16.1 Å². The summed E-state index contributed by atoms with van der Waals surface area (Å²) in [6.45, 7) is 2.12. The highest BCUT2D eigenvalue weighted by atomic mass is 127. The van der Waals surface area contributed by atoms with Gasteiger partial charge in [0.25, 0.3) is 5.56 Å². The van der Waals surface area contributed by atoms with Gasteiger partial charge in [0.05, 0.1) is 35.6 Å². The predicted octanol–water partition coefficient (Wildman–Crippen LogP) is 7.00. The molecule has 2 heterocycles. The smallest absolute Gasteiger partial charge is 0.338 e. The third-order valence-electron chi connectivity index (χ3n) is 7.17. The molecule has 1 aromatic heterocycles. The van der Waals surface area contributed by atoms with Crippen molar-refractivity contribution in [2.24, 2.45) is 4.99 Å². The van der Waals surface area contributed by atoms with Crippen molar-refractivity contribution in [3.8, 4) is 5.75 Å². The fraction of sp³-hybridized carbons (Fsp3) is 0.114. The summed E-state index contributed by atoms with van der Waals surface area (Å²) in [4.78, 5) is 32.9. The van der Waals surface area contributed by atoms with Gasteiger partial charge in [-0.2, -0.15) is 0 Å². The molecule has 1 aliphatic rings. The second kappa shape index (κ2) is 14.0. The molecule has 4 aromatic carbocycles. The second-order valence-corrected chi connectivity index (χ2v) is 13.5. The Bertz CT molecular complexity index is 2120. The van der Waals surface area contributed by atoms with Crippen LogP contribution in [0.15, 0.2) is 106 Å². The van der Waals surface area contributed by atoms with E-state index in [1.165, 1.54) is 40.2 Å². The van der Waals surface area contributed by atoms with Gasteiger partial charge in [-0.1, -0.05) is 65.9 Å². The summed E-state index contributed by atoms with van der Waals surface area (Å²) in [5.41, 5.74) is 3.11. The number of halogens is 4. The van der Waals surface area contributed by atoms with E-state index in [0.717, 1.165) is 18.3 Å². The number of thiazole rings is 1. The van der Waals surface area contributed by atoms with Gasteiger partial charge in [0.2, 0.25) is 0 Å². The SMILES string of the molecule is CCOC(=O)C1=C(c2ccccc2)N=c2s/c(=C\c3cc(I)c(OCc4ccc(F)cc4)c(I)c3)c(=O)n2[C@H]1c1ccc(F)cc1. The Morgan fingerprint density at radius 2 is 1.59 bits per heavy atom. The minimum Gasteiger partial charge on any atom is -0.487 e. The molecule has 232 valence electrons. The maximum Gasteiger partial charge on any atom is 0.338 e. The summed E-state index contributed by atoms with van der Waals surface area (Å²) in [6, 6.07) is 24.1. The molecule has 1 aliphatic heterocycles. The van der Waals surface area contributed by atoms with Crippen LogP contribution in [0.25, 0.3) is 11.8 Å². The highest BCUT2D eigenvalue weighted by Crippen LogP contribution is 2.35. The Hall–Kier alpha value is -3.69. The van der Waals surface area contributed by atoms with Crippen LogP contribution in [0.1, 0.15) is 35.2 Å². The Labute approximate surface area is 294 Å². The summed E-state index contributed by atoms with van der Waals surface area (Å²) >= 11 is 5.59. The Kier molecular flexibility index (Phi) is 9.80. The normalized spacial score (nSPS) is 14.5. The minimum absolute atomic E-state index is 0.131. The third-order valence-corrected chi connectivity index (χ3v) is 9.76. The number of esters is 1. The van der Waals surface area contributed by atoms with Gasteiger partial charge in [0, 0.05) is 5.56 Å². The molecule has 0 aliphatic carbocycles. The highest BCUT2D eigenvalue weighted by Gasteiger charge is 2.35. The van der Waals surface area contributed by atoms with E-state index in [1.54, 1.807) is 37.3 Å². The van der Waals surface area contributed by atoms with Gasteiger partial charge in [-0.05, 0) is 111 Å². The Morgan fingerprint density at radius 1 is 0.957 bits per heavy atom. The van der Waals surface area contributed by atoms with Crippen molar-refractivity contribution in [1.82, 2.24) is 4.57 Å². The van der Waals surface area contributed by atoms with Gasteiger partial charge in [-0.25, -0.2) is 18.6 Å². The lowest BCUT2D eigenvalue weighted by atomic mass is 9.93. The molecule has 0 amide bonds. The third kappa shape index (κ3) is 6.72. The summed E-state index contributed by atoms with van der Waals surface area (Å²) in [7, 11) is 0. The molecule has 1 atom stereocenters. The van der Waals surface area contributed by atoms with E-state index in [0.29, 0.717) is 31.9 Å². The van der Waals surface area contributed by atoms with E-state index in [2.05, 4.69) is 45.2 Å². The van der Waals surface area contributed by atoms with Crippen molar-refractivity contribution in [1.29, 1.82) is 0 Å². The number of carbonyl (C=O) groups excluding carboxylic acids is 1. The number of ether oxygens (including phenoxy) is 2. The number of aromatic nitrogens is 1. The van der Waals surface area contributed by atoms with Crippen LogP contribution < -0.4 is 19.6 Å². The molecule has 0 N–H and O–H groups in total. The van der Waals surface area contributed by atoms with Crippen LogP contribution in [0.3, 0.4) is 0 Å². The largest absolute Gasteiger partial charge is 0.487 e. The molecule has 0 radical (unpaired) electrons. The molecule has 0 unspecified atom stereocenters. The first-order valence-corrected chi connectivity index (χ1v) is 17.1. The maximum atomic E-state index is 14.1. The lowest BCUT2D eigenvalue weighted by Gasteiger charge is -2.25. The van der Waals surface area contributed by atoms with Crippen molar-refractivity contribution >= 4 is 74.3 Å². The van der Waals surface area contributed by atoms with E-state index >= 15 is 0 Å². The van der Waals surface area contributed by atoms with Crippen molar-refractivity contribution < 1.29 is 23.0 Å². The summed E-state index contributed by atoms with van der Waals surface area (Å²) in [6.07, 6.45) is 1.79. The van der Waals surface area contributed by atoms with Crippen LogP contribution in [0, 0.1) is 18.8 Å². The number of benzene rings is 4. The summed E-state index contributed by atoms with van der Waals surface area (Å²) in [5.74, 6) is -0.656. The standard InChI is InChI=1S/C35H24F2I2N2O4S/c1-2-44-34(43)29-30(22-6-4-3-5-7-22)40-35-41(31(29)23-10-14-25(37)15-11-23)33(42)28(46-35)18-21-16-26(38)32(27(39)17-21)45-19-20-8-12-24(36)13-9-20/h3-18,31H,2,19H2,1H3/b28-18-/t31-/m0/s1. The zero-order valence-corrected chi connectivity index (χ0v) is 29.3. The van der Waals surface area contributed by atoms with Crippen LogP contribution in [0.2, 0.25) is 0 Å². The van der Waals surface area contributed by atoms with E-state index in [9.17, 15) is 18.4 Å². The summed E-state index contributed by atoms with van der Waals surface area (Å²) < 4.78 is 42.4. The van der Waals surface area contributed by atoms with Gasteiger partial charge in [0.15, 0.2) is 4.80 Å². The highest BCUT2D eigenvalue weighted by molar-refractivity contribution is 14.1. The maximum absolute atomic E-state index is 14.1. The molecule has 46 heavy (non-hydrogen) atoms. The lowest BCUT2D eigenvalue weighted by molar-refractivity contribution is -0.138. The Morgan fingerprint density at radius 3 is 2.22 bits per heavy atom. The van der Waals surface area contributed by atoms with Crippen molar-refractivity contribution in [2.75, 3.05) is 6.61 Å². The Balaban J connectivity index is 1.47. The molecule has 0 bridgehead atoms. The number of fused-ring (bicyclic) bond motifs is 1. The van der Waals surface area contributed by atoms with Gasteiger partial charge in [-0.3, -0.25) is 9.36 Å². The monoisotopic (exact) mass is 860 g/mol. The van der Waals surface area contributed by atoms with Crippen LogP contribution in [0.5, 0.6) is 5.75 Å². The van der Waals surface area contributed by atoms with Gasteiger partial charge in [-0.15, -0.1) is 0 Å². The first kappa shape index (κ1) is 32.3. The molecule has 0 saturated carbocycles. The first-order chi connectivity index (χ1) is 22.2. The number of rotatable bonds is 8. The molecule has 11 heteroatoms. The van der Waals surface area contributed by atoms with E-state index in [-0.39, 0.29) is 30.2 Å². The second-order valence-electron chi connectivity index (χ2n) is 10.2. The number of hydrogen-bond donors (Lipinski definition) is 0. The molecule has 5 aromatic rings. The first-order valence-electron chi connectivity index (χ1n) is 14.1. The van der Waals surface area contributed by atoms with Crippen LogP contribution >= 0.6 is 56.5 Å². The van der Waals surface area contributed by atoms with Crippen molar-refractivity contribution in [2.45, 2.75) is 19.6 Å². The van der Waals surface area contributed by atoms with Crippen LogP contribution in [-0.4, -0.2) is 17.1 Å². The van der Waals surface area contributed by atoms with E-state index in [1.807, 2.05) is 42.5 Å². The molecule has 0 fully saturated rings. The molecule has 6 rings (SSSR count). The topological polar surface area (TPSA) is 69.9 Å². The minimum atomic E-state index is -0.893. The average molecular weight is 860 g/mol. The molecule has 0 saturated heterocycles. The fourth-order valence-electron chi connectivity index (χ4n) is 5.09. The number of carbonyl (C=O) groups is 1. The lowest BCUT2D eigenvalue weighted by Crippen LogP contribution is -2.40. The van der Waals surface area contributed by atoms with E-state index < -0.39 is 17.8 Å². The zero-order valence-electron chi connectivity index (χ0n) is 24.2. The van der Waals surface area contributed by atoms with Gasteiger partial charge < -0.3 is 9.47 Å². The van der Waals surface area contributed by atoms with E-state index in [4.69, 9.17) is 14.5 Å². The predicted molar refractivity (Wildman–Crippen MR) is 190 cm³/mol. The zero-order chi connectivity index (χ0) is 32.4. The average Bonchev–Trinajstić information content (AvgIpc) is 3.35. The molecular formula is C35H24F2I2N2O4S. The van der Waals surface area contributed by atoms with Crippen molar-refractivity contribution in [3.63, 3.8) is 0 Å². The molecule has 6 nitrogen and oxygen atoms in total. The number of nitrogens with zero attached hydrogens (tertiary/aromatic N) is 2.